The van der Waals surface area contributed by atoms with E-state index in [4.69, 9.17) is 0 Å². The van der Waals surface area contributed by atoms with Gasteiger partial charge in [0.25, 0.3) is 0 Å². The number of hydrogen-bond donors (Lipinski definition) is 0. The molecule has 0 N–H and O–H groups in total. The Morgan fingerprint density at radius 1 is 1.31 bits per heavy atom. The van der Waals surface area contributed by atoms with Gasteiger partial charge in [-0.25, -0.2) is 0 Å². The van der Waals surface area contributed by atoms with Crippen molar-refractivity contribution in [3.05, 3.63) is 0 Å². The fourth-order valence-electron chi connectivity index (χ4n) is 1.27. The Bertz CT molecular complexity index is 146. The van der Waals surface area contributed by atoms with Crippen molar-refractivity contribution in [2.24, 2.45) is 5.92 Å². The number of rotatable bonds is 2. The van der Waals surface area contributed by atoms with Gasteiger partial charge in [-0.1, -0.05) is 26.2 Å². The minimum atomic E-state index is 0.255. The molecule has 0 radical (unpaired) electrons. The smallest absolute Gasteiger partial charge is 0.129 e. The first-order valence-corrected chi connectivity index (χ1v) is 5.15. The van der Waals surface area contributed by atoms with E-state index in [0.29, 0.717) is 12.3 Å². The monoisotopic (exact) mass is 184 g/mol. The minimum Gasteiger partial charge on any atom is -0.303 e. The number of carbonyl (C=O) groups excluding carboxylic acids is 2. The summed E-state index contributed by atoms with van der Waals surface area (Å²) in [6.07, 6.45) is 7.93. The molecule has 13 heavy (non-hydrogen) atoms. The third-order valence-electron chi connectivity index (χ3n) is 2.34. The summed E-state index contributed by atoms with van der Waals surface area (Å²) in [5, 5.41) is 0. The zero-order chi connectivity index (χ0) is 10.1. The molecule has 0 spiro atoms. The van der Waals surface area contributed by atoms with E-state index >= 15 is 0 Å². The molecule has 1 aliphatic rings. The van der Waals surface area contributed by atoms with Gasteiger partial charge in [0, 0.05) is 12.3 Å². The van der Waals surface area contributed by atoms with Gasteiger partial charge in [-0.05, 0) is 19.8 Å². The van der Waals surface area contributed by atoms with Crippen LogP contribution in [-0.2, 0) is 9.59 Å². The molecule has 0 atom stereocenters. The van der Waals surface area contributed by atoms with E-state index in [-0.39, 0.29) is 5.78 Å². The Labute approximate surface area is 80.7 Å². The topological polar surface area (TPSA) is 34.1 Å². The maximum absolute atomic E-state index is 10.2. The van der Waals surface area contributed by atoms with Crippen LogP contribution in [0.3, 0.4) is 0 Å². The van der Waals surface area contributed by atoms with Gasteiger partial charge >= 0.3 is 0 Å². The molecule has 0 heterocycles. The highest BCUT2D eigenvalue weighted by molar-refractivity contribution is 5.74. The predicted octanol–water partition coefficient (Wildman–Crippen LogP) is 2.75. The minimum absolute atomic E-state index is 0.255. The normalized spacial score (nSPS) is 17.1. The molecule has 1 saturated carbocycles. The lowest BCUT2D eigenvalue weighted by Crippen LogP contribution is -2.06. The Hall–Kier alpha value is -0.660. The Balaban J connectivity index is 0.000000252. The first-order valence-electron chi connectivity index (χ1n) is 5.15. The van der Waals surface area contributed by atoms with Gasteiger partial charge in [0.15, 0.2) is 0 Å². The zero-order valence-corrected chi connectivity index (χ0v) is 8.71. The van der Waals surface area contributed by atoms with Crippen LogP contribution in [0, 0.1) is 5.92 Å². The summed E-state index contributed by atoms with van der Waals surface area (Å²) >= 11 is 0. The third kappa shape index (κ3) is 7.69. The van der Waals surface area contributed by atoms with Crippen molar-refractivity contribution < 1.29 is 9.59 Å². The standard InChI is InChI=1S/C7H12O.C4H8O/c8-6-7-4-2-1-3-5-7;1-3-4(2)5/h6-7H,1-5H2;3H2,1-2H3. The molecule has 2 nitrogen and oxygen atoms in total. The van der Waals surface area contributed by atoms with Gasteiger partial charge < -0.3 is 9.59 Å². The Morgan fingerprint density at radius 2 is 1.77 bits per heavy atom. The van der Waals surface area contributed by atoms with Crippen molar-refractivity contribution in [3.8, 4) is 0 Å². The molecule has 1 fully saturated rings. The van der Waals surface area contributed by atoms with Crippen LogP contribution in [0.5, 0.6) is 0 Å². The van der Waals surface area contributed by atoms with E-state index in [0.717, 1.165) is 19.1 Å². The van der Waals surface area contributed by atoms with Crippen LogP contribution in [0.1, 0.15) is 52.4 Å². The second kappa shape index (κ2) is 7.96. The first-order chi connectivity index (χ1) is 6.20. The lowest BCUT2D eigenvalue weighted by molar-refractivity contribution is -0.116. The van der Waals surface area contributed by atoms with Crippen LogP contribution in [0.15, 0.2) is 0 Å². The molecule has 0 aliphatic heterocycles. The average molecular weight is 184 g/mol. The fraction of sp³-hybridized carbons (Fsp3) is 0.818. The van der Waals surface area contributed by atoms with Crippen LogP contribution >= 0.6 is 0 Å². The molecule has 0 aromatic heterocycles. The predicted molar refractivity (Wildman–Crippen MR) is 53.6 cm³/mol. The van der Waals surface area contributed by atoms with Crippen LogP contribution < -0.4 is 0 Å². The Kier molecular flexibility index (Phi) is 7.56. The average Bonchev–Trinajstić information content (AvgIpc) is 2.20. The van der Waals surface area contributed by atoms with Gasteiger partial charge in [-0.15, -0.1) is 0 Å². The Morgan fingerprint density at radius 3 is 2.00 bits per heavy atom. The summed E-state index contributed by atoms with van der Waals surface area (Å²) in [7, 11) is 0. The van der Waals surface area contributed by atoms with Crippen LogP contribution in [0.4, 0.5) is 0 Å². The van der Waals surface area contributed by atoms with E-state index in [1.807, 2.05) is 6.92 Å². The summed E-state index contributed by atoms with van der Waals surface area (Å²) in [4.78, 5) is 20.0. The van der Waals surface area contributed by atoms with Crippen molar-refractivity contribution in [1.29, 1.82) is 0 Å². The maximum atomic E-state index is 10.2. The molecule has 0 aromatic carbocycles. The second-order valence-electron chi connectivity index (χ2n) is 3.59. The summed E-state index contributed by atoms with van der Waals surface area (Å²) in [5.41, 5.74) is 0. The van der Waals surface area contributed by atoms with Crippen LogP contribution in [0.2, 0.25) is 0 Å². The molecule has 0 bridgehead atoms. The van der Waals surface area contributed by atoms with Gasteiger partial charge in [-0.3, -0.25) is 0 Å². The van der Waals surface area contributed by atoms with Crippen molar-refractivity contribution in [2.75, 3.05) is 0 Å². The van der Waals surface area contributed by atoms with E-state index in [2.05, 4.69) is 0 Å². The molecule has 2 heteroatoms. The summed E-state index contributed by atoms with van der Waals surface area (Å²) in [6, 6.07) is 0. The first kappa shape index (κ1) is 12.3. The van der Waals surface area contributed by atoms with Crippen LogP contribution in [0.25, 0.3) is 0 Å². The van der Waals surface area contributed by atoms with E-state index in [9.17, 15) is 9.59 Å². The van der Waals surface area contributed by atoms with Crippen molar-refractivity contribution in [2.45, 2.75) is 52.4 Å². The molecular formula is C11H20O2. The van der Waals surface area contributed by atoms with Crippen molar-refractivity contribution in [3.63, 3.8) is 0 Å². The molecular weight excluding hydrogens is 164 g/mol. The highest BCUT2D eigenvalue weighted by Gasteiger charge is 2.10. The number of ketones is 1. The summed E-state index contributed by atoms with van der Waals surface area (Å²) in [6.45, 7) is 3.43. The number of aldehydes is 1. The summed E-state index contributed by atoms with van der Waals surface area (Å²) in [5.74, 6) is 0.661. The molecule has 0 unspecified atom stereocenters. The maximum Gasteiger partial charge on any atom is 0.129 e. The van der Waals surface area contributed by atoms with Crippen molar-refractivity contribution >= 4 is 12.1 Å². The van der Waals surface area contributed by atoms with Crippen LogP contribution in [-0.4, -0.2) is 12.1 Å². The molecule has 0 amide bonds. The van der Waals surface area contributed by atoms with E-state index < -0.39 is 0 Å². The van der Waals surface area contributed by atoms with Crippen molar-refractivity contribution in [1.82, 2.24) is 0 Å². The number of Topliss-reactive ketones (excluding diaryl/α,β-unsaturated/α-hetero) is 1. The van der Waals surface area contributed by atoms with Gasteiger partial charge in [-0.2, -0.15) is 0 Å². The summed E-state index contributed by atoms with van der Waals surface area (Å²) < 4.78 is 0. The second-order valence-corrected chi connectivity index (χ2v) is 3.59. The molecule has 0 saturated heterocycles. The fourth-order valence-corrected chi connectivity index (χ4v) is 1.27. The molecule has 76 valence electrons. The van der Waals surface area contributed by atoms with E-state index in [1.54, 1.807) is 6.92 Å². The van der Waals surface area contributed by atoms with E-state index in [1.165, 1.54) is 19.3 Å². The lowest BCUT2D eigenvalue weighted by Gasteiger charge is -2.14. The van der Waals surface area contributed by atoms with Gasteiger partial charge in [0.05, 0.1) is 0 Å². The quantitative estimate of drug-likeness (QED) is 0.618. The third-order valence-corrected chi connectivity index (χ3v) is 2.34. The SMILES string of the molecule is CCC(C)=O.O=CC1CCCCC1. The van der Waals surface area contributed by atoms with Gasteiger partial charge in [0.2, 0.25) is 0 Å². The molecule has 1 rings (SSSR count). The zero-order valence-electron chi connectivity index (χ0n) is 8.71. The largest absolute Gasteiger partial charge is 0.303 e. The molecule has 1 aliphatic carbocycles. The van der Waals surface area contributed by atoms with Gasteiger partial charge in [0.1, 0.15) is 12.1 Å². The number of hydrogen-bond acceptors (Lipinski definition) is 2. The highest BCUT2D eigenvalue weighted by Crippen LogP contribution is 2.21. The molecule has 0 aromatic rings. The highest BCUT2D eigenvalue weighted by atomic mass is 16.1. The number of carbonyl (C=O) groups is 2. The lowest BCUT2D eigenvalue weighted by atomic mass is 9.91.